The maximum Gasteiger partial charge on any atom is 0.204 e. The monoisotopic (exact) mass is 277 g/mol. The molecule has 1 aromatic heterocycles. The van der Waals surface area contributed by atoms with Gasteiger partial charge in [0.2, 0.25) is 5.75 Å². The van der Waals surface area contributed by atoms with Crippen LogP contribution in [0.1, 0.15) is 24.6 Å². The number of rotatable bonds is 5. The van der Waals surface area contributed by atoms with Gasteiger partial charge in [-0.15, -0.1) is 0 Å². The molecule has 1 fully saturated rings. The summed E-state index contributed by atoms with van der Waals surface area (Å²) in [6, 6.07) is 3.70. The molecule has 108 valence electrons. The minimum Gasteiger partial charge on any atom is -0.493 e. The van der Waals surface area contributed by atoms with E-state index in [1.54, 1.807) is 27.4 Å². The quantitative estimate of drug-likeness (QED) is 0.910. The molecule has 1 aliphatic rings. The molecule has 1 atom stereocenters. The Morgan fingerprint density at radius 3 is 2.35 bits per heavy atom. The normalized spacial score (nSPS) is 16.2. The Labute approximate surface area is 117 Å². The van der Waals surface area contributed by atoms with E-state index in [1.807, 2.05) is 6.07 Å². The number of hydrogen-bond acceptors (Lipinski definition) is 5. The van der Waals surface area contributed by atoms with Crippen molar-refractivity contribution in [2.75, 3.05) is 21.3 Å². The van der Waals surface area contributed by atoms with Gasteiger partial charge in [-0.2, -0.15) is 0 Å². The number of fused-ring (bicyclic) bond motifs is 1. The van der Waals surface area contributed by atoms with E-state index in [4.69, 9.17) is 24.4 Å². The number of ether oxygens (including phenoxy) is 3. The van der Waals surface area contributed by atoms with Gasteiger partial charge < -0.3 is 24.4 Å². The van der Waals surface area contributed by atoms with E-state index in [0.29, 0.717) is 28.7 Å². The van der Waals surface area contributed by atoms with E-state index in [-0.39, 0.29) is 6.04 Å². The Kier molecular flexibility index (Phi) is 3.22. The molecule has 1 unspecified atom stereocenters. The summed E-state index contributed by atoms with van der Waals surface area (Å²) in [5.41, 5.74) is 6.90. The largest absolute Gasteiger partial charge is 0.493 e. The van der Waals surface area contributed by atoms with Crippen LogP contribution in [-0.2, 0) is 0 Å². The zero-order chi connectivity index (χ0) is 14.3. The molecule has 5 heteroatoms. The minimum absolute atomic E-state index is 0.0518. The van der Waals surface area contributed by atoms with Crippen LogP contribution in [0.4, 0.5) is 0 Å². The molecule has 2 aromatic rings. The zero-order valence-corrected chi connectivity index (χ0v) is 11.9. The predicted molar refractivity (Wildman–Crippen MR) is 75.5 cm³/mol. The van der Waals surface area contributed by atoms with Crippen molar-refractivity contribution >= 4 is 11.0 Å². The molecule has 5 nitrogen and oxygen atoms in total. The summed E-state index contributed by atoms with van der Waals surface area (Å²) in [4.78, 5) is 0. The van der Waals surface area contributed by atoms with E-state index in [9.17, 15) is 0 Å². The van der Waals surface area contributed by atoms with Crippen LogP contribution in [-0.4, -0.2) is 21.3 Å². The molecule has 1 saturated carbocycles. The van der Waals surface area contributed by atoms with Crippen LogP contribution in [0.25, 0.3) is 11.0 Å². The average Bonchev–Trinajstić information content (AvgIpc) is 3.23. The SMILES string of the molecule is COc1cc2oc(C(N)C3CC3)cc2c(OC)c1OC. The van der Waals surface area contributed by atoms with Crippen molar-refractivity contribution in [2.45, 2.75) is 18.9 Å². The molecule has 1 aromatic carbocycles. The van der Waals surface area contributed by atoms with Crippen LogP contribution in [0.2, 0.25) is 0 Å². The zero-order valence-electron chi connectivity index (χ0n) is 11.9. The second-order valence-corrected chi connectivity index (χ2v) is 5.07. The van der Waals surface area contributed by atoms with Gasteiger partial charge in [-0.25, -0.2) is 0 Å². The Morgan fingerprint density at radius 1 is 1.10 bits per heavy atom. The third-order valence-corrected chi connectivity index (χ3v) is 3.80. The smallest absolute Gasteiger partial charge is 0.204 e. The highest BCUT2D eigenvalue weighted by molar-refractivity contribution is 5.90. The van der Waals surface area contributed by atoms with E-state index in [1.165, 1.54) is 12.8 Å². The van der Waals surface area contributed by atoms with Crippen molar-refractivity contribution in [3.8, 4) is 17.2 Å². The van der Waals surface area contributed by atoms with E-state index in [2.05, 4.69) is 0 Å². The maximum absolute atomic E-state index is 6.20. The van der Waals surface area contributed by atoms with Crippen LogP contribution in [0.5, 0.6) is 17.2 Å². The highest BCUT2D eigenvalue weighted by atomic mass is 16.5. The molecular formula is C15H19NO4. The van der Waals surface area contributed by atoms with Crippen LogP contribution >= 0.6 is 0 Å². The number of nitrogens with two attached hydrogens (primary N) is 1. The first-order valence-electron chi connectivity index (χ1n) is 6.67. The van der Waals surface area contributed by atoms with Crippen LogP contribution < -0.4 is 19.9 Å². The van der Waals surface area contributed by atoms with E-state index >= 15 is 0 Å². The first-order valence-corrected chi connectivity index (χ1v) is 6.67. The van der Waals surface area contributed by atoms with E-state index < -0.39 is 0 Å². The Hall–Kier alpha value is -1.88. The topological polar surface area (TPSA) is 66.9 Å². The summed E-state index contributed by atoms with van der Waals surface area (Å²) in [7, 11) is 4.77. The third-order valence-electron chi connectivity index (χ3n) is 3.80. The van der Waals surface area contributed by atoms with Crippen molar-refractivity contribution in [1.82, 2.24) is 0 Å². The minimum atomic E-state index is -0.0518. The molecule has 0 spiro atoms. The molecule has 0 bridgehead atoms. The average molecular weight is 277 g/mol. The standard InChI is InChI=1S/C15H19NO4/c1-17-12-7-10-9(14(18-2)15(12)19-3)6-11(20-10)13(16)8-4-5-8/h6-8,13H,4-5,16H2,1-3H3. The van der Waals surface area contributed by atoms with E-state index in [0.717, 1.165) is 11.1 Å². The molecule has 1 aliphatic carbocycles. The van der Waals surface area contributed by atoms with Gasteiger partial charge in [-0.3, -0.25) is 0 Å². The highest BCUT2D eigenvalue weighted by Gasteiger charge is 2.32. The number of benzene rings is 1. The maximum atomic E-state index is 6.20. The molecule has 1 heterocycles. The molecule has 0 aliphatic heterocycles. The molecular weight excluding hydrogens is 258 g/mol. The van der Waals surface area contributed by atoms with Crippen molar-refractivity contribution < 1.29 is 18.6 Å². The van der Waals surface area contributed by atoms with Gasteiger partial charge in [0.25, 0.3) is 0 Å². The molecule has 20 heavy (non-hydrogen) atoms. The summed E-state index contributed by atoms with van der Waals surface area (Å²) in [5.74, 6) is 3.08. The van der Waals surface area contributed by atoms with Gasteiger partial charge in [-0.1, -0.05) is 0 Å². The molecule has 2 N–H and O–H groups in total. The fourth-order valence-electron chi connectivity index (χ4n) is 2.53. The molecule has 0 amide bonds. The summed E-state index contributed by atoms with van der Waals surface area (Å²) < 4.78 is 22.0. The first-order chi connectivity index (χ1) is 9.69. The summed E-state index contributed by atoms with van der Waals surface area (Å²) in [5, 5.41) is 0.858. The Balaban J connectivity index is 2.16. The lowest BCUT2D eigenvalue weighted by Gasteiger charge is -2.12. The first kappa shape index (κ1) is 13.1. The van der Waals surface area contributed by atoms with Crippen LogP contribution in [0.15, 0.2) is 16.5 Å². The van der Waals surface area contributed by atoms with Crippen LogP contribution in [0, 0.1) is 5.92 Å². The number of methoxy groups -OCH3 is 3. The number of furan rings is 1. The summed E-state index contributed by atoms with van der Waals surface area (Å²) >= 11 is 0. The van der Waals surface area contributed by atoms with Crippen LogP contribution in [0.3, 0.4) is 0 Å². The fourth-order valence-corrected chi connectivity index (χ4v) is 2.53. The summed E-state index contributed by atoms with van der Waals surface area (Å²) in [6.45, 7) is 0. The van der Waals surface area contributed by atoms with Crippen molar-refractivity contribution in [1.29, 1.82) is 0 Å². The molecule has 0 radical (unpaired) electrons. The van der Waals surface area contributed by atoms with Gasteiger partial charge in [-0.05, 0) is 24.8 Å². The van der Waals surface area contributed by atoms with Crippen molar-refractivity contribution in [2.24, 2.45) is 11.7 Å². The van der Waals surface area contributed by atoms with Gasteiger partial charge in [0.15, 0.2) is 11.5 Å². The Morgan fingerprint density at radius 2 is 1.80 bits per heavy atom. The summed E-state index contributed by atoms with van der Waals surface area (Å²) in [6.07, 6.45) is 2.34. The molecule has 0 saturated heterocycles. The van der Waals surface area contributed by atoms with Gasteiger partial charge >= 0.3 is 0 Å². The second-order valence-electron chi connectivity index (χ2n) is 5.07. The van der Waals surface area contributed by atoms with Gasteiger partial charge in [0.05, 0.1) is 32.8 Å². The third kappa shape index (κ3) is 1.98. The lowest BCUT2D eigenvalue weighted by molar-refractivity contribution is 0.326. The molecule has 3 rings (SSSR count). The lowest BCUT2D eigenvalue weighted by atomic mass is 10.1. The highest BCUT2D eigenvalue weighted by Crippen LogP contribution is 2.47. The van der Waals surface area contributed by atoms with Crippen molar-refractivity contribution in [3.63, 3.8) is 0 Å². The van der Waals surface area contributed by atoms with Crippen molar-refractivity contribution in [3.05, 3.63) is 17.9 Å². The lowest BCUT2D eigenvalue weighted by Crippen LogP contribution is -2.10. The predicted octanol–water partition coefficient (Wildman–Crippen LogP) is 2.87. The fraction of sp³-hybridized carbons (Fsp3) is 0.467. The second kappa shape index (κ2) is 4.90. The number of hydrogen-bond donors (Lipinski definition) is 1. The van der Waals surface area contributed by atoms with Gasteiger partial charge in [0, 0.05) is 6.07 Å². The Bertz CT molecular complexity index is 630. The van der Waals surface area contributed by atoms with Gasteiger partial charge in [0.1, 0.15) is 11.3 Å².